The monoisotopic (exact) mass is 376 g/mol. The molecule has 4 rings (SSSR count). The molecule has 0 N–H and O–H groups in total. The average molecular weight is 376 g/mol. The number of rotatable bonds is 3. The van der Waals surface area contributed by atoms with Gasteiger partial charge in [0.2, 0.25) is 0 Å². The van der Waals surface area contributed by atoms with Crippen molar-refractivity contribution in [2.24, 2.45) is 0 Å². The Morgan fingerprint density at radius 2 is 1.81 bits per heavy atom. The Bertz CT molecular complexity index is 924. The molecule has 27 heavy (non-hydrogen) atoms. The van der Waals surface area contributed by atoms with Gasteiger partial charge in [-0.15, -0.1) is 15.3 Å². The van der Waals surface area contributed by atoms with Crippen molar-refractivity contribution in [2.75, 3.05) is 24.5 Å². The van der Waals surface area contributed by atoms with E-state index in [0.717, 1.165) is 24.1 Å². The number of hydrogen-bond acceptors (Lipinski definition) is 5. The highest BCUT2D eigenvalue weighted by molar-refractivity contribution is 5.47. The summed E-state index contributed by atoms with van der Waals surface area (Å²) in [6, 6.07) is 13.6. The molecule has 1 aliphatic heterocycles. The smallest absolute Gasteiger partial charge is 0.350 e. The van der Waals surface area contributed by atoms with E-state index < -0.39 is 12.0 Å². The summed E-state index contributed by atoms with van der Waals surface area (Å²) in [6.07, 6.45) is -4.59. The summed E-state index contributed by atoms with van der Waals surface area (Å²) in [5.74, 6) is -0.602. The number of nitrogens with zero attached hydrogens (tertiary/aromatic N) is 6. The molecule has 6 nitrogen and oxygen atoms in total. The van der Waals surface area contributed by atoms with E-state index in [9.17, 15) is 13.2 Å². The molecule has 0 radical (unpaired) electrons. The molecule has 9 heteroatoms. The van der Waals surface area contributed by atoms with Crippen LogP contribution in [0, 0.1) is 0 Å². The van der Waals surface area contributed by atoms with Crippen LogP contribution < -0.4 is 4.90 Å². The maximum Gasteiger partial charge on any atom is 0.453 e. The highest BCUT2D eigenvalue weighted by Gasteiger charge is 2.38. The zero-order chi connectivity index (χ0) is 19.0. The highest BCUT2D eigenvalue weighted by Crippen LogP contribution is 2.28. The maximum atomic E-state index is 13.1. The van der Waals surface area contributed by atoms with Crippen LogP contribution >= 0.6 is 0 Å². The van der Waals surface area contributed by atoms with Crippen LogP contribution in [0.5, 0.6) is 0 Å². The molecule has 1 fully saturated rings. The first kappa shape index (κ1) is 17.7. The van der Waals surface area contributed by atoms with Gasteiger partial charge in [-0.1, -0.05) is 30.3 Å². The first-order valence-electron chi connectivity index (χ1n) is 8.74. The molecule has 0 bridgehead atoms. The molecular weight excluding hydrogens is 357 g/mol. The zero-order valence-corrected chi connectivity index (χ0v) is 14.8. The van der Waals surface area contributed by atoms with Crippen molar-refractivity contribution < 1.29 is 13.2 Å². The van der Waals surface area contributed by atoms with Gasteiger partial charge >= 0.3 is 6.18 Å². The van der Waals surface area contributed by atoms with E-state index in [4.69, 9.17) is 0 Å². The Kier molecular flexibility index (Phi) is 4.47. The van der Waals surface area contributed by atoms with Crippen molar-refractivity contribution in [3.8, 4) is 0 Å². The number of benzene rings is 1. The molecule has 1 saturated heterocycles. The Hall–Kier alpha value is -2.68. The summed E-state index contributed by atoms with van der Waals surface area (Å²) in [5.41, 5.74) is 1.33. The predicted octanol–water partition coefficient (Wildman–Crippen LogP) is 2.85. The lowest BCUT2D eigenvalue weighted by Crippen LogP contribution is -2.52. The van der Waals surface area contributed by atoms with Crippen molar-refractivity contribution in [3.63, 3.8) is 0 Å². The van der Waals surface area contributed by atoms with E-state index >= 15 is 0 Å². The minimum Gasteiger partial charge on any atom is -0.350 e. The Labute approximate surface area is 154 Å². The fourth-order valence-corrected chi connectivity index (χ4v) is 3.47. The van der Waals surface area contributed by atoms with Crippen LogP contribution in [0.4, 0.5) is 19.0 Å². The van der Waals surface area contributed by atoms with Crippen LogP contribution in [-0.2, 0) is 12.7 Å². The lowest BCUT2D eigenvalue weighted by Gasteiger charge is -2.40. The number of alkyl halides is 3. The zero-order valence-electron chi connectivity index (χ0n) is 14.8. The molecule has 0 amide bonds. The number of hydrogen-bond donors (Lipinski definition) is 0. The second kappa shape index (κ2) is 6.80. The number of anilines is 1. The minimum absolute atomic E-state index is 0.0847. The molecule has 0 aliphatic carbocycles. The van der Waals surface area contributed by atoms with E-state index in [0.29, 0.717) is 12.4 Å². The van der Waals surface area contributed by atoms with E-state index in [2.05, 4.69) is 39.3 Å². The van der Waals surface area contributed by atoms with Crippen molar-refractivity contribution in [3.05, 3.63) is 53.9 Å². The van der Waals surface area contributed by atoms with E-state index in [-0.39, 0.29) is 11.7 Å². The minimum atomic E-state index is -4.59. The van der Waals surface area contributed by atoms with Gasteiger partial charge in [0.1, 0.15) is 5.82 Å². The highest BCUT2D eigenvalue weighted by atomic mass is 19.4. The first-order chi connectivity index (χ1) is 12.9. The Morgan fingerprint density at radius 1 is 1.04 bits per heavy atom. The average Bonchev–Trinajstić information content (AvgIpc) is 3.06. The fourth-order valence-electron chi connectivity index (χ4n) is 3.47. The third kappa shape index (κ3) is 3.59. The van der Waals surface area contributed by atoms with Crippen LogP contribution in [0.25, 0.3) is 5.65 Å². The molecule has 2 aromatic heterocycles. The standard InChI is InChI=1S/C18H19F3N6/c1-13-11-25(12-14-5-3-2-4-6-14)9-10-26(13)16-8-7-15-22-23-17(18(19,20)21)27(15)24-16/h2-8,13H,9-12H2,1H3/t13-/m1/s1. The summed E-state index contributed by atoms with van der Waals surface area (Å²) >= 11 is 0. The van der Waals surface area contributed by atoms with Crippen LogP contribution in [-0.4, -0.2) is 50.4 Å². The van der Waals surface area contributed by atoms with Gasteiger partial charge in [0.05, 0.1) is 0 Å². The van der Waals surface area contributed by atoms with Crippen molar-refractivity contribution in [2.45, 2.75) is 25.7 Å². The maximum absolute atomic E-state index is 13.1. The first-order valence-corrected chi connectivity index (χ1v) is 8.74. The van der Waals surface area contributed by atoms with Crippen LogP contribution in [0.1, 0.15) is 18.3 Å². The number of aromatic nitrogens is 4. The van der Waals surface area contributed by atoms with Crippen molar-refractivity contribution in [1.82, 2.24) is 24.7 Å². The third-order valence-electron chi connectivity index (χ3n) is 4.76. The molecule has 1 atom stereocenters. The molecule has 0 unspecified atom stereocenters. The van der Waals surface area contributed by atoms with Crippen LogP contribution in [0.15, 0.2) is 42.5 Å². The molecule has 1 aromatic carbocycles. The summed E-state index contributed by atoms with van der Waals surface area (Å²) in [4.78, 5) is 4.37. The third-order valence-corrected chi connectivity index (χ3v) is 4.76. The molecule has 3 heterocycles. The van der Waals surface area contributed by atoms with Gasteiger partial charge in [-0.25, -0.2) is 0 Å². The molecule has 0 spiro atoms. The van der Waals surface area contributed by atoms with Gasteiger partial charge in [-0.05, 0) is 24.6 Å². The van der Waals surface area contributed by atoms with Crippen LogP contribution in [0.3, 0.4) is 0 Å². The normalized spacial score (nSPS) is 19.0. The van der Waals surface area contributed by atoms with E-state index in [1.54, 1.807) is 6.07 Å². The predicted molar refractivity (Wildman–Crippen MR) is 94.3 cm³/mol. The Balaban J connectivity index is 1.52. The molecular formula is C18H19F3N6. The summed E-state index contributed by atoms with van der Waals surface area (Å²) in [6.45, 7) is 5.22. The van der Waals surface area contributed by atoms with Gasteiger partial charge in [0.15, 0.2) is 5.65 Å². The van der Waals surface area contributed by atoms with Gasteiger partial charge < -0.3 is 4.90 Å². The van der Waals surface area contributed by atoms with Gasteiger partial charge in [-0.2, -0.15) is 17.7 Å². The number of piperazine rings is 1. The number of fused-ring (bicyclic) bond motifs is 1. The second-order valence-electron chi connectivity index (χ2n) is 6.75. The molecule has 1 aliphatic rings. The summed E-state index contributed by atoms with van der Waals surface area (Å²) < 4.78 is 40.0. The van der Waals surface area contributed by atoms with Crippen LogP contribution in [0.2, 0.25) is 0 Å². The quantitative estimate of drug-likeness (QED) is 0.704. The SMILES string of the molecule is C[C@@H]1CN(Cc2ccccc2)CCN1c1ccc2nnc(C(F)(F)F)n2n1. The van der Waals surface area contributed by atoms with E-state index in [1.165, 1.54) is 11.6 Å². The van der Waals surface area contributed by atoms with Crippen molar-refractivity contribution in [1.29, 1.82) is 0 Å². The molecule has 142 valence electrons. The summed E-state index contributed by atoms with van der Waals surface area (Å²) in [7, 11) is 0. The van der Waals surface area contributed by atoms with Gasteiger partial charge in [0.25, 0.3) is 5.82 Å². The van der Waals surface area contributed by atoms with Crippen molar-refractivity contribution >= 4 is 11.5 Å². The fraction of sp³-hybridized carbons (Fsp3) is 0.389. The lowest BCUT2D eigenvalue weighted by molar-refractivity contribution is -0.146. The summed E-state index contributed by atoms with van der Waals surface area (Å²) in [5, 5.41) is 10.9. The second-order valence-corrected chi connectivity index (χ2v) is 6.75. The Morgan fingerprint density at radius 3 is 2.52 bits per heavy atom. The lowest BCUT2D eigenvalue weighted by atomic mass is 10.1. The molecule has 0 saturated carbocycles. The molecule has 3 aromatic rings. The topological polar surface area (TPSA) is 49.6 Å². The van der Waals surface area contributed by atoms with E-state index in [1.807, 2.05) is 23.1 Å². The van der Waals surface area contributed by atoms with Gasteiger partial charge in [-0.3, -0.25) is 4.90 Å². The van der Waals surface area contributed by atoms with Gasteiger partial charge in [0, 0.05) is 32.2 Å². The number of halogens is 3. The largest absolute Gasteiger partial charge is 0.453 e.